The van der Waals surface area contributed by atoms with Crippen molar-refractivity contribution in [2.45, 2.75) is 130 Å². The van der Waals surface area contributed by atoms with E-state index in [9.17, 15) is 0 Å². The van der Waals surface area contributed by atoms with E-state index in [-0.39, 0.29) is 19.5 Å². The van der Waals surface area contributed by atoms with Crippen molar-refractivity contribution in [1.29, 1.82) is 0 Å². The van der Waals surface area contributed by atoms with Crippen molar-refractivity contribution >= 4 is 81.1 Å². The van der Waals surface area contributed by atoms with E-state index in [0.717, 1.165) is 48.4 Å². The maximum atomic E-state index is 5.51. The Morgan fingerprint density at radius 1 is 0.396 bits per heavy atom. The maximum absolute atomic E-state index is 5.51. The second-order valence-electron chi connectivity index (χ2n) is 13.5. The molecule has 0 spiro atoms. The molecule has 0 bridgehead atoms. The van der Waals surface area contributed by atoms with Gasteiger partial charge in [-0.2, -0.15) is 0 Å². The third kappa shape index (κ3) is 15.4. The van der Waals surface area contributed by atoms with Gasteiger partial charge in [0.2, 0.25) is 0 Å². The Hall–Kier alpha value is -2.28. The van der Waals surface area contributed by atoms with E-state index in [2.05, 4.69) is 135 Å². The van der Waals surface area contributed by atoms with Gasteiger partial charge in [0.25, 0.3) is 0 Å². The SMILES string of the molecule is CCCCCc1ccccc1N(C(=S)[S-])c1ccccc1CCCCC.CCCCCc1ccccc1N(C(=S)[S-])c1ccccc1CCCCC.[Zn+2]. The molecular weight excluding hydrogens is 774 g/mol. The second-order valence-corrected chi connectivity index (χ2v) is 15.6. The van der Waals surface area contributed by atoms with E-state index in [1.807, 2.05) is 0 Å². The first-order chi connectivity index (χ1) is 25.4. The molecule has 0 unspecified atom stereocenters. The van der Waals surface area contributed by atoms with Gasteiger partial charge in [-0.3, -0.25) is 0 Å². The fourth-order valence-electron chi connectivity index (χ4n) is 6.68. The number of aryl methyl sites for hydroxylation is 4. The Balaban J connectivity index is 0.000000360. The van der Waals surface area contributed by atoms with Crippen LogP contribution >= 0.6 is 24.4 Å². The van der Waals surface area contributed by atoms with E-state index in [1.54, 1.807) is 0 Å². The molecule has 0 fully saturated rings. The second kappa shape index (κ2) is 27.3. The van der Waals surface area contributed by atoms with Gasteiger partial charge in [-0.05, 0) is 97.9 Å². The molecule has 0 heterocycles. The quantitative estimate of drug-likeness (QED) is 0.0376. The van der Waals surface area contributed by atoms with Gasteiger partial charge in [-0.15, -0.1) is 0 Å². The molecule has 0 N–H and O–H groups in total. The average molecular weight is 835 g/mol. The fourth-order valence-corrected chi connectivity index (χ4v) is 7.46. The van der Waals surface area contributed by atoms with E-state index in [4.69, 9.17) is 49.7 Å². The molecule has 0 aromatic heterocycles. The zero-order valence-corrected chi connectivity index (χ0v) is 39.0. The Morgan fingerprint density at radius 3 is 0.792 bits per heavy atom. The van der Waals surface area contributed by atoms with Crippen molar-refractivity contribution in [1.82, 2.24) is 0 Å². The summed E-state index contributed by atoms with van der Waals surface area (Å²) in [5.41, 5.74) is 9.90. The monoisotopic (exact) mass is 832 g/mol. The number of anilines is 4. The third-order valence-corrected chi connectivity index (χ3v) is 10.2. The van der Waals surface area contributed by atoms with Crippen molar-refractivity contribution in [2.75, 3.05) is 9.80 Å². The molecule has 2 nitrogen and oxygen atoms in total. The fraction of sp³-hybridized carbons (Fsp3) is 0.435. The van der Waals surface area contributed by atoms with Crippen molar-refractivity contribution < 1.29 is 19.5 Å². The number of nitrogens with zero attached hydrogens (tertiary/aromatic N) is 2. The molecule has 4 rings (SSSR count). The average Bonchev–Trinajstić information content (AvgIpc) is 3.15. The zero-order valence-electron chi connectivity index (χ0n) is 32.8. The number of unbranched alkanes of at least 4 members (excludes halogenated alkanes) is 8. The molecule has 0 aliphatic carbocycles. The predicted octanol–water partition coefficient (Wildman–Crippen LogP) is 14.2. The molecule has 0 aliphatic heterocycles. The van der Waals surface area contributed by atoms with Crippen molar-refractivity contribution in [3.8, 4) is 0 Å². The van der Waals surface area contributed by atoms with Crippen molar-refractivity contribution in [3.63, 3.8) is 0 Å². The van der Waals surface area contributed by atoms with Crippen LogP contribution in [0.25, 0.3) is 0 Å². The number of hydrogen-bond donors (Lipinski definition) is 0. The number of hydrogen-bond acceptors (Lipinski definition) is 4. The molecule has 0 aliphatic rings. The molecule has 0 amide bonds. The minimum absolute atomic E-state index is 0. The number of benzene rings is 4. The summed E-state index contributed by atoms with van der Waals surface area (Å²) in [6.45, 7) is 8.96. The van der Waals surface area contributed by atoms with Crippen molar-refractivity contribution in [2.24, 2.45) is 0 Å². The van der Waals surface area contributed by atoms with Crippen LogP contribution in [0.1, 0.15) is 127 Å². The predicted molar refractivity (Wildman–Crippen MR) is 243 cm³/mol. The number of rotatable bonds is 20. The molecule has 53 heavy (non-hydrogen) atoms. The van der Waals surface area contributed by atoms with Gasteiger partial charge in [0.15, 0.2) is 0 Å². The van der Waals surface area contributed by atoms with Gasteiger partial charge in [-0.1, -0.05) is 160 Å². The van der Waals surface area contributed by atoms with E-state index >= 15 is 0 Å². The largest absolute Gasteiger partial charge is 2.00 e. The first kappa shape index (κ1) is 46.9. The van der Waals surface area contributed by atoms with Crippen LogP contribution in [0, 0.1) is 0 Å². The minimum atomic E-state index is 0. The molecular formula is C46H60N2S4Zn. The molecule has 0 saturated heterocycles. The zero-order chi connectivity index (χ0) is 37.6. The van der Waals surface area contributed by atoms with Crippen molar-refractivity contribution in [3.05, 3.63) is 119 Å². The van der Waals surface area contributed by atoms with Crippen LogP contribution in [0.5, 0.6) is 0 Å². The number of para-hydroxylation sites is 4. The topological polar surface area (TPSA) is 6.48 Å². The summed E-state index contributed by atoms with van der Waals surface area (Å²) in [4.78, 5) is 4.21. The van der Waals surface area contributed by atoms with E-state index in [0.29, 0.717) is 8.64 Å². The van der Waals surface area contributed by atoms with Crippen LogP contribution in [-0.2, 0) is 70.4 Å². The normalized spacial score (nSPS) is 10.5. The molecule has 0 atom stereocenters. The first-order valence-corrected chi connectivity index (χ1v) is 21.3. The summed E-state index contributed by atoms with van der Waals surface area (Å²) >= 11 is 22.0. The molecule has 0 radical (unpaired) electrons. The molecule has 4 aromatic carbocycles. The summed E-state index contributed by atoms with van der Waals surface area (Å²) < 4.78 is 0.992. The standard InChI is InChI=1S/2C23H31NS2.Zn/c2*1-3-5-7-13-19-15-9-11-17-21(19)24(23(25)26)22-18-12-10-16-20(22)14-8-6-4-2;/h2*9-12,15-18H,3-8,13-14H2,1-2H3,(H,25,26);/q;;+2/p-2. The molecule has 0 saturated carbocycles. The van der Waals surface area contributed by atoms with Crippen LogP contribution in [0.3, 0.4) is 0 Å². The molecule has 7 heteroatoms. The van der Waals surface area contributed by atoms with Gasteiger partial charge in [0.1, 0.15) is 0 Å². The van der Waals surface area contributed by atoms with Crippen LogP contribution in [-0.4, -0.2) is 8.64 Å². The summed E-state index contributed by atoms with van der Waals surface area (Å²) in [6, 6.07) is 34.3. The minimum Gasteiger partial charge on any atom is -0.411 e. The Kier molecular flexibility index (Phi) is 24.2. The van der Waals surface area contributed by atoms with Gasteiger partial charge < -0.3 is 59.5 Å². The van der Waals surface area contributed by atoms with Crippen LogP contribution in [0.15, 0.2) is 97.1 Å². The molecule has 280 valence electrons. The summed E-state index contributed by atoms with van der Waals surface area (Å²) in [5.74, 6) is 0. The third-order valence-electron chi connectivity index (χ3n) is 9.49. The van der Waals surface area contributed by atoms with Crippen LogP contribution < -0.4 is 9.80 Å². The Morgan fingerprint density at radius 2 is 0.604 bits per heavy atom. The first-order valence-electron chi connectivity index (χ1n) is 19.7. The van der Waals surface area contributed by atoms with Gasteiger partial charge in [0.05, 0.1) is 0 Å². The Bertz CT molecular complexity index is 1410. The number of thiocarbonyl (C=S) groups is 2. The Labute approximate surface area is 357 Å². The summed E-state index contributed by atoms with van der Waals surface area (Å²) in [5, 5.41) is 0. The van der Waals surface area contributed by atoms with Gasteiger partial charge >= 0.3 is 19.5 Å². The van der Waals surface area contributed by atoms with E-state index in [1.165, 1.54) is 99.3 Å². The van der Waals surface area contributed by atoms with Gasteiger partial charge in [-0.25, -0.2) is 0 Å². The van der Waals surface area contributed by atoms with Crippen LogP contribution in [0.2, 0.25) is 0 Å². The smallest absolute Gasteiger partial charge is 0.411 e. The molecule has 4 aromatic rings. The maximum Gasteiger partial charge on any atom is 2.00 e. The van der Waals surface area contributed by atoms with Gasteiger partial charge in [0, 0.05) is 22.7 Å². The van der Waals surface area contributed by atoms with E-state index < -0.39 is 0 Å². The van der Waals surface area contributed by atoms with Crippen LogP contribution in [0.4, 0.5) is 22.7 Å². The summed E-state index contributed by atoms with van der Waals surface area (Å²) in [7, 11) is 0. The summed E-state index contributed by atoms with van der Waals surface area (Å²) in [6.07, 6.45) is 19.0.